The third kappa shape index (κ3) is 5.95. The third-order valence-electron chi connectivity index (χ3n) is 5.86. The number of aliphatic imine (C=N–C) groups is 1. The zero-order valence-electron chi connectivity index (χ0n) is 20.1. The smallest absolute Gasteiger partial charge is 0.188 e. The molecular formula is C23H31F2N9O. The Balaban J connectivity index is 1.47. The van der Waals surface area contributed by atoms with Gasteiger partial charge in [-0.25, -0.2) is 13.8 Å². The van der Waals surface area contributed by atoms with Crippen molar-refractivity contribution in [2.45, 2.75) is 33.1 Å². The molecule has 188 valence electrons. The minimum absolute atomic E-state index is 0.0876. The lowest BCUT2D eigenvalue weighted by Crippen LogP contribution is -2.49. The van der Waals surface area contributed by atoms with Crippen molar-refractivity contribution in [1.82, 2.24) is 36.0 Å². The molecule has 0 unspecified atom stereocenters. The number of benzene rings is 1. The van der Waals surface area contributed by atoms with Gasteiger partial charge in [0.05, 0.1) is 11.9 Å². The minimum Gasteiger partial charge on any atom is -0.386 e. The summed E-state index contributed by atoms with van der Waals surface area (Å²) in [7, 11) is 2.05. The summed E-state index contributed by atoms with van der Waals surface area (Å²) in [5, 5.41) is 15.8. The molecule has 3 aromatic rings. The highest BCUT2D eigenvalue weighted by molar-refractivity contribution is 6.01. The maximum absolute atomic E-state index is 14.8. The van der Waals surface area contributed by atoms with E-state index < -0.39 is 11.6 Å². The molecule has 2 aromatic heterocycles. The van der Waals surface area contributed by atoms with Gasteiger partial charge in [0, 0.05) is 55.1 Å². The van der Waals surface area contributed by atoms with Gasteiger partial charge in [-0.1, -0.05) is 18.9 Å². The number of fused-ring (bicyclic) bond motifs is 1. The van der Waals surface area contributed by atoms with Crippen LogP contribution in [0.2, 0.25) is 0 Å². The van der Waals surface area contributed by atoms with E-state index in [1.165, 1.54) is 6.07 Å². The van der Waals surface area contributed by atoms with Crippen molar-refractivity contribution < 1.29 is 13.6 Å². The molecule has 5 N–H and O–H groups in total. The molecule has 1 aromatic carbocycles. The third-order valence-corrected chi connectivity index (χ3v) is 5.86. The van der Waals surface area contributed by atoms with Crippen LogP contribution in [0, 0.1) is 24.0 Å². The lowest BCUT2D eigenvalue weighted by atomic mass is 10.2. The van der Waals surface area contributed by atoms with Gasteiger partial charge in [-0.2, -0.15) is 5.10 Å². The van der Waals surface area contributed by atoms with E-state index in [-0.39, 0.29) is 23.1 Å². The van der Waals surface area contributed by atoms with Crippen LogP contribution in [0.5, 0.6) is 5.75 Å². The van der Waals surface area contributed by atoms with Crippen LogP contribution in [-0.4, -0.2) is 69.9 Å². The van der Waals surface area contributed by atoms with Crippen molar-refractivity contribution >= 4 is 28.4 Å². The van der Waals surface area contributed by atoms with Gasteiger partial charge in [0.2, 0.25) is 0 Å². The second kappa shape index (κ2) is 10.8. The topological polar surface area (TPSA) is 120 Å². The number of rotatable bonds is 8. The van der Waals surface area contributed by atoms with Crippen LogP contribution in [-0.2, 0) is 6.42 Å². The van der Waals surface area contributed by atoms with E-state index >= 15 is 0 Å². The van der Waals surface area contributed by atoms with E-state index in [0.29, 0.717) is 23.2 Å². The van der Waals surface area contributed by atoms with Crippen molar-refractivity contribution in [3.8, 4) is 5.75 Å². The molecule has 1 aliphatic rings. The quantitative estimate of drug-likeness (QED) is 0.189. The molecule has 3 heterocycles. The molecule has 0 bridgehead atoms. The molecule has 10 nitrogen and oxygen atoms in total. The molecule has 0 saturated carbocycles. The molecule has 0 atom stereocenters. The number of piperazine rings is 1. The first kappa shape index (κ1) is 24.6. The monoisotopic (exact) mass is 487 g/mol. The predicted molar refractivity (Wildman–Crippen MR) is 131 cm³/mol. The molecule has 0 amide bonds. The standard InChI is InChI=1S/C23H31F2N9O/c1-4-5-15-11-20(30-29-15)28-21(13-19(26)34-8-6-33(3)7-9-34)31-32-35-18-12-17(24)23-16(22(18)25)10-14(2)27-23/h10-12,26-27,32H,4-9,13H2,1-3H3,(H2,28,29,30,31). The van der Waals surface area contributed by atoms with Crippen LogP contribution in [0.1, 0.15) is 31.2 Å². The summed E-state index contributed by atoms with van der Waals surface area (Å²) in [6.45, 7) is 7.03. The number of likely N-dealkylation sites (N-methyl/N-ethyl adjacent to an activating group) is 1. The van der Waals surface area contributed by atoms with Gasteiger partial charge in [-0.3, -0.25) is 15.9 Å². The SMILES string of the molecule is CCCc1cc(N=C(CC(=N)N2CCN(C)CC2)NNOc2cc(F)c3[nH]c(C)cc3c2F)n[nH]1. The van der Waals surface area contributed by atoms with Crippen LogP contribution in [0.3, 0.4) is 0 Å². The molecular weight excluding hydrogens is 456 g/mol. The van der Waals surface area contributed by atoms with Gasteiger partial charge < -0.3 is 19.6 Å². The normalized spacial score (nSPS) is 15.1. The summed E-state index contributed by atoms with van der Waals surface area (Å²) in [5.41, 5.74) is 6.92. The first-order valence-electron chi connectivity index (χ1n) is 11.6. The van der Waals surface area contributed by atoms with E-state index in [1.54, 1.807) is 6.92 Å². The maximum Gasteiger partial charge on any atom is 0.188 e. The second-order valence-electron chi connectivity index (χ2n) is 8.71. The second-order valence-corrected chi connectivity index (χ2v) is 8.71. The van der Waals surface area contributed by atoms with Crippen LogP contribution >= 0.6 is 0 Å². The Morgan fingerprint density at radius 2 is 2.00 bits per heavy atom. The maximum atomic E-state index is 14.8. The fourth-order valence-electron chi connectivity index (χ4n) is 3.95. The van der Waals surface area contributed by atoms with Crippen molar-refractivity contribution in [3.63, 3.8) is 0 Å². The number of halogens is 2. The van der Waals surface area contributed by atoms with Gasteiger partial charge in [-0.05, 0) is 26.5 Å². The summed E-state index contributed by atoms with van der Waals surface area (Å²) >= 11 is 0. The Kier molecular flexibility index (Phi) is 7.61. The summed E-state index contributed by atoms with van der Waals surface area (Å²) < 4.78 is 29.2. The zero-order chi connectivity index (χ0) is 24.9. The number of aromatic nitrogens is 3. The summed E-state index contributed by atoms with van der Waals surface area (Å²) in [4.78, 5) is 16.8. The van der Waals surface area contributed by atoms with Gasteiger partial charge in [0.25, 0.3) is 0 Å². The predicted octanol–water partition coefficient (Wildman–Crippen LogP) is 3.16. The molecule has 1 saturated heterocycles. The molecule has 0 spiro atoms. The van der Waals surface area contributed by atoms with Crippen LogP contribution in [0.4, 0.5) is 14.6 Å². The average molecular weight is 488 g/mol. The highest BCUT2D eigenvalue weighted by Crippen LogP contribution is 2.29. The Labute approximate surface area is 202 Å². The van der Waals surface area contributed by atoms with E-state index in [4.69, 9.17) is 10.2 Å². The Morgan fingerprint density at radius 1 is 1.23 bits per heavy atom. The molecule has 0 aliphatic carbocycles. The van der Waals surface area contributed by atoms with E-state index in [2.05, 4.69) is 50.1 Å². The van der Waals surface area contributed by atoms with E-state index in [0.717, 1.165) is 50.8 Å². The number of hydrogen-bond acceptors (Lipinski definition) is 6. The van der Waals surface area contributed by atoms with Gasteiger partial charge in [0.1, 0.15) is 11.7 Å². The summed E-state index contributed by atoms with van der Waals surface area (Å²) in [5.74, 6) is -0.442. The Bertz CT molecular complexity index is 1210. The van der Waals surface area contributed by atoms with Gasteiger partial charge in [-0.15, -0.1) is 0 Å². The molecule has 1 fully saturated rings. The number of H-pyrrole nitrogens is 2. The van der Waals surface area contributed by atoms with Crippen molar-refractivity contribution in [1.29, 1.82) is 5.41 Å². The first-order valence-corrected chi connectivity index (χ1v) is 11.6. The number of hydrogen-bond donors (Lipinski definition) is 5. The summed E-state index contributed by atoms with van der Waals surface area (Å²) in [6.07, 6.45) is 1.98. The van der Waals surface area contributed by atoms with Crippen LogP contribution in [0.15, 0.2) is 23.2 Å². The molecule has 1 aliphatic heterocycles. The van der Waals surface area contributed by atoms with Crippen LogP contribution < -0.4 is 15.9 Å². The number of nitrogens with zero attached hydrogens (tertiary/aromatic N) is 4. The lowest BCUT2D eigenvalue weighted by Gasteiger charge is -2.34. The lowest BCUT2D eigenvalue weighted by molar-refractivity contribution is 0.165. The molecule has 35 heavy (non-hydrogen) atoms. The number of nitrogens with one attached hydrogen (secondary N) is 5. The highest BCUT2D eigenvalue weighted by Gasteiger charge is 2.19. The van der Waals surface area contributed by atoms with Gasteiger partial charge >= 0.3 is 0 Å². The number of hydrazine groups is 1. The Hall–Kier alpha value is -3.51. The van der Waals surface area contributed by atoms with Crippen molar-refractivity contribution in [2.75, 3.05) is 33.2 Å². The van der Waals surface area contributed by atoms with Crippen molar-refractivity contribution in [3.05, 3.63) is 41.2 Å². The van der Waals surface area contributed by atoms with E-state index in [1.807, 2.05) is 11.0 Å². The highest BCUT2D eigenvalue weighted by atomic mass is 19.1. The number of aromatic amines is 2. The largest absolute Gasteiger partial charge is 0.386 e. The average Bonchev–Trinajstić information content (AvgIpc) is 3.44. The van der Waals surface area contributed by atoms with E-state index in [9.17, 15) is 8.78 Å². The first-order chi connectivity index (χ1) is 16.8. The molecule has 12 heteroatoms. The molecule has 0 radical (unpaired) electrons. The number of aryl methyl sites for hydroxylation is 2. The number of amidine groups is 2. The van der Waals surface area contributed by atoms with Crippen LogP contribution in [0.25, 0.3) is 10.9 Å². The minimum atomic E-state index is -0.694. The Morgan fingerprint density at radius 3 is 2.74 bits per heavy atom. The van der Waals surface area contributed by atoms with Crippen molar-refractivity contribution in [2.24, 2.45) is 4.99 Å². The zero-order valence-corrected chi connectivity index (χ0v) is 20.1. The fourth-order valence-corrected chi connectivity index (χ4v) is 3.95. The molecule has 4 rings (SSSR count). The van der Waals surface area contributed by atoms with Gasteiger partial charge in [0.15, 0.2) is 23.2 Å². The summed E-state index contributed by atoms with van der Waals surface area (Å²) in [6, 6.07) is 4.32. The fraction of sp³-hybridized carbons (Fsp3) is 0.435.